The number of amides is 1. The summed E-state index contributed by atoms with van der Waals surface area (Å²) in [6.07, 6.45) is 1.55. The number of aliphatic hydroxyl groups excluding tert-OH is 2. The van der Waals surface area contributed by atoms with Crippen LogP contribution < -0.4 is 5.73 Å². The third-order valence-electron chi connectivity index (χ3n) is 6.87. The maximum absolute atomic E-state index is 13.7. The number of rotatable bonds is 3. The highest BCUT2D eigenvalue weighted by Gasteiger charge is 2.64. The van der Waals surface area contributed by atoms with Gasteiger partial charge < -0.3 is 31.0 Å². The molecule has 1 aromatic carbocycles. The lowest BCUT2D eigenvalue weighted by Gasteiger charge is -2.45. The zero-order chi connectivity index (χ0) is 25.2. The van der Waals surface area contributed by atoms with E-state index < -0.39 is 52.0 Å². The molecule has 1 amide bonds. The monoisotopic (exact) mass is 480 g/mol. The minimum Gasteiger partial charge on any atom is -0.507 e. The zero-order valence-electron chi connectivity index (χ0n) is 18.3. The van der Waals surface area contributed by atoms with E-state index in [2.05, 4.69) is 15.4 Å². The smallest absolute Gasteiger partial charge is 0.256 e. The Morgan fingerprint density at radius 2 is 1.94 bits per heavy atom. The number of H-pyrrole nitrogens is 1. The summed E-state index contributed by atoms with van der Waals surface area (Å²) in [6.45, 7) is 0. The number of nitrogens with one attached hydrogen (secondary N) is 1. The molecule has 0 bridgehead atoms. The Morgan fingerprint density at radius 3 is 2.57 bits per heavy atom. The van der Waals surface area contributed by atoms with Crippen LogP contribution in [-0.4, -0.2) is 66.5 Å². The number of aromatic hydroxyl groups is 1. The summed E-state index contributed by atoms with van der Waals surface area (Å²) in [5.41, 5.74) is 2.45. The highest BCUT2D eigenvalue weighted by atomic mass is 16.6. The van der Waals surface area contributed by atoms with Gasteiger partial charge in [0.2, 0.25) is 11.6 Å². The molecule has 3 aliphatic rings. The summed E-state index contributed by atoms with van der Waals surface area (Å²) < 4.78 is 0. The Bertz CT molecular complexity index is 1400. The van der Waals surface area contributed by atoms with Gasteiger partial charge in [0.1, 0.15) is 29.9 Å². The highest BCUT2D eigenvalue weighted by Crippen LogP contribution is 2.51. The predicted molar refractivity (Wildman–Crippen MR) is 119 cm³/mol. The number of hydrogen-bond acceptors (Lipinski definition) is 10. The number of carbonyl (C=O) groups is 3. The first-order valence-corrected chi connectivity index (χ1v) is 10.6. The number of benzene rings is 1. The van der Waals surface area contributed by atoms with Crippen LogP contribution in [0.5, 0.6) is 5.75 Å². The van der Waals surface area contributed by atoms with E-state index in [0.29, 0.717) is 16.8 Å². The van der Waals surface area contributed by atoms with Crippen LogP contribution in [0.1, 0.15) is 17.5 Å². The maximum atomic E-state index is 13.7. The Morgan fingerprint density at radius 1 is 1.20 bits per heavy atom. The summed E-state index contributed by atoms with van der Waals surface area (Å²) >= 11 is 0. The molecule has 7 N–H and O–H groups in total. The van der Waals surface area contributed by atoms with Crippen molar-refractivity contribution in [2.75, 3.05) is 7.11 Å². The van der Waals surface area contributed by atoms with Crippen LogP contribution in [0.25, 0.3) is 17.0 Å². The molecular formula is C23H20N4O8. The zero-order valence-corrected chi connectivity index (χ0v) is 18.3. The molecule has 3 aliphatic carbocycles. The van der Waals surface area contributed by atoms with Gasteiger partial charge in [0.05, 0.1) is 17.2 Å². The van der Waals surface area contributed by atoms with E-state index in [1.54, 1.807) is 12.1 Å². The number of primary amides is 1. The largest absolute Gasteiger partial charge is 0.507 e. The second kappa shape index (κ2) is 7.53. The molecule has 1 saturated carbocycles. The van der Waals surface area contributed by atoms with Crippen molar-refractivity contribution < 1.29 is 39.6 Å². The first kappa shape index (κ1) is 22.3. The quantitative estimate of drug-likeness (QED) is 0.204. The van der Waals surface area contributed by atoms with Gasteiger partial charge in [-0.15, -0.1) is 0 Å². The Balaban J connectivity index is 1.74. The highest BCUT2D eigenvalue weighted by molar-refractivity contribution is 6.38. The maximum Gasteiger partial charge on any atom is 0.256 e. The molecule has 0 unspecified atom stereocenters. The van der Waals surface area contributed by atoms with Crippen molar-refractivity contribution in [2.45, 2.75) is 18.4 Å². The summed E-state index contributed by atoms with van der Waals surface area (Å²) in [5.74, 6) is -7.84. The molecule has 0 saturated heterocycles. The number of carbonyl (C=O) groups excluding carboxylic acids is 3. The van der Waals surface area contributed by atoms with Crippen molar-refractivity contribution in [3.63, 3.8) is 0 Å². The molecule has 1 heterocycles. The van der Waals surface area contributed by atoms with Crippen molar-refractivity contribution in [3.8, 4) is 17.0 Å². The number of aromatic nitrogens is 2. The van der Waals surface area contributed by atoms with Gasteiger partial charge in [0, 0.05) is 17.3 Å². The molecule has 0 aliphatic heterocycles. The fraction of sp³-hybridized carbons (Fsp3) is 0.261. The number of aliphatic hydroxyl groups is 3. The molecule has 2 aromatic rings. The summed E-state index contributed by atoms with van der Waals surface area (Å²) in [5, 5.41) is 54.1. The normalized spacial score (nSPS) is 27.0. The van der Waals surface area contributed by atoms with Crippen molar-refractivity contribution in [2.24, 2.45) is 22.7 Å². The lowest BCUT2D eigenvalue weighted by molar-refractivity contribution is -0.153. The number of hydrogen-bond donors (Lipinski definition) is 6. The second-order valence-corrected chi connectivity index (χ2v) is 8.58. The average Bonchev–Trinajstić information content (AvgIpc) is 3.33. The number of allylic oxidation sites excluding steroid dienone is 1. The van der Waals surface area contributed by atoms with Crippen LogP contribution >= 0.6 is 0 Å². The van der Waals surface area contributed by atoms with E-state index >= 15 is 0 Å². The number of nitrogens with two attached hydrogens (primary N) is 1. The van der Waals surface area contributed by atoms with Crippen LogP contribution in [-0.2, 0) is 25.6 Å². The van der Waals surface area contributed by atoms with Gasteiger partial charge in [-0.05, 0) is 42.5 Å². The first-order valence-electron chi connectivity index (χ1n) is 10.6. The van der Waals surface area contributed by atoms with Gasteiger partial charge in [-0.1, -0.05) is 5.16 Å². The van der Waals surface area contributed by atoms with Gasteiger partial charge >= 0.3 is 0 Å². The molecular weight excluding hydrogens is 460 g/mol. The average molecular weight is 480 g/mol. The lowest BCUT2D eigenvalue weighted by Crippen LogP contribution is -2.64. The van der Waals surface area contributed by atoms with Crippen LogP contribution in [0.2, 0.25) is 0 Å². The van der Waals surface area contributed by atoms with Gasteiger partial charge in [-0.3, -0.25) is 19.5 Å². The number of phenolic OH excluding ortho intramolecular Hbond substituents is 1. The number of oxime groups is 1. The minimum atomic E-state index is -2.87. The molecule has 5 rings (SSSR count). The molecule has 3 atom stereocenters. The van der Waals surface area contributed by atoms with E-state index in [0.717, 1.165) is 7.11 Å². The van der Waals surface area contributed by atoms with Crippen LogP contribution in [0, 0.1) is 11.8 Å². The fourth-order valence-electron chi connectivity index (χ4n) is 5.36. The van der Waals surface area contributed by atoms with Crippen LogP contribution in [0.15, 0.2) is 46.5 Å². The second-order valence-electron chi connectivity index (χ2n) is 8.58. The van der Waals surface area contributed by atoms with Gasteiger partial charge in [0.15, 0.2) is 11.4 Å². The van der Waals surface area contributed by atoms with Crippen LogP contribution in [0.3, 0.4) is 0 Å². The van der Waals surface area contributed by atoms with Crippen LogP contribution in [0.4, 0.5) is 0 Å². The number of phenols is 1. The predicted octanol–water partition coefficient (Wildman–Crippen LogP) is 0.426. The van der Waals surface area contributed by atoms with E-state index in [-0.39, 0.29) is 35.4 Å². The lowest BCUT2D eigenvalue weighted by atomic mass is 9.58. The Hall–Kier alpha value is -4.45. The first-order chi connectivity index (χ1) is 16.6. The van der Waals surface area contributed by atoms with Crippen molar-refractivity contribution >= 4 is 28.9 Å². The molecule has 35 heavy (non-hydrogen) atoms. The number of Topliss-reactive ketones (excluding diaryl/α,β-unsaturated/α-hetero) is 2. The van der Waals surface area contributed by atoms with E-state index in [9.17, 15) is 34.8 Å². The third kappa shape index (κ3) is 2.86. The van der Waals surface area contributed by atoms with E-state index in [1.807, 2.05) is 0 Å². The molecule has 1 aromatic heterocycles. The molecule has 12 nitrogen and oxygen atoms in total. The van der Waals surface area contributed by atoms with Gasteiger partial charge in [-0.25, -0.2) is 0 Å². The molecule has 1 fully saturated rings. The Kier molecular flexibility index (Phi) is 4.81. The molecule has 0 radical (unpaired) electrons. The molecule has 12 heteroatoms. The van der Waals surface area contributed by atoms with E-state index in [4.69, 9.17) is 10.6 Å². The number of fused-ring (bicyclic) bond motifs is 3. The van der Waals surface area contributed by atoms with Gasteiger partial charge in [-0.2, -0.15) is 5.10 Å². The van der Waals surface area contributed by atoms with Gasteiger partial charge in [0.25, 0.3) is 5.91 Å². The number of ketones is 2. The summed E-state index contributed by atoms with van der Waals surface area (Å²) in [6, 6.07) is 4.68. The minimum absolute atomic E-state index is 0.0127. The molecule has 180 valence electrons. The third-order valence-corrected chi connectivity index (χ3v) is 6.87. The topological polar surface area (TPSA) is 208 Å². The van der Waals surface area contributed by atoms with Crippen molar-refractivity contribution in [3.05, 3.63) is 52.4 Å². The fourth-order valence-corrected chi connectivity index (χ4v) is 5.36. The van der Waals surface area contributed by atoms with Crippen molar-refractivity contribution in [1.29, 1.82) is 0 Å². The summed E-state index contributed by atoms with van der Waals surface area (Å²) in [7, 11) is 1.15. The Labute approximate surface area is 197 Å². The summed E-state index contributed by atoms with van der Waals surface area (Å²) in [4.78, 5) is 43.5. The van der Waals surface area contributed by atoms with Crippen molar-refractivity contribution in [1.82, 2.24) is 10.2 Å². The number of nitrogens with zero attached hydrogens (tertiary/aromatic N) is 2. The molecule has 0 spiro atoms. The van der Waals surface area contributed by atoms with E-state index in [1.165, 1.54) is 12.3 Å². The standard InChI is InChI=1S/C23H20N4O8/c1-35-27-17-11-7-8-6-10-9(12-4-5-25-26-12)2-3-13(28)15(10)18(29)14(8)20(31)23(11,34)21(32)16(19(17)30)22(24)33/h2-5,8,11,28-30,34H,6-7H2,1H3,(H2,24,33)(H,25,26)/b27-17-/t8-,11-,23-/m0/s1. The number of aromatic amines is 1. The SMILES string of the molecule is CO/N=C1\C(O)=C(C(N)=O)C(=O)[C@@]2(O)C(=O)C3=C(O)c4c(O)ccc(-c5ccn[nH]5)c4C[C@H]3C[C@@H]12.